The Morgan fingerprint density at radius 2 is 1.64 bits per heavy atom. The molecule has 0 unspecified atom stereocenters. The molecule has 0 saturated carbocycles. The van der Waals surface area contributed by atoms with E-state index in [0.29, 0.717) is 0 Å². The topological polar surface area (TPSA) is 29.3 Å². The number of anilines is 1. The van der Waals surface area contributed by atoms with E-state index >= 15 is 0 Å². The van der Waals surface area contributed by atoms with E-state index in [2.05, 4.69) is 0 Å². The first-order valence-corrected chi connectivity index (χ1v) is 6.82. The van der Waals surface area contributed by atoms with Crippen molar-refractivity contribution in [3.63, 3.8) is 0 Å². The van der Waals surface area contributed by atoms with Crippen molar-refractivity contribution in [3.05, 3.63) is 29.3 Å². The number of hydrogen-bond acceptors (Lipinski definition) is 2. The number of alkyl halides is 6. The number of nitrogens with two attached hydrogens (primary N) is 1. The molecule has 2 nitrogen and oxygen atoms in total. The third-order valence-corrected chi connectivity index (χ3v) is 3.88. The third kappa shape index (κ3) is 4.06. The Morgan fingerprint density at radius 1 is 1.05 bits per heavy atom. The summed E-state index contributed by atoms with van der Waals surface area (Å²) in [5.74, 6) is -1.36. The van der Waals surface area contributed by atoms with E-state index in [0.717, 1.165) is 6.07 Å². The molecule has 0 bridgehead atoms. The summed E-state index contributed by atoms with van der Waals surface area (Å²) in [6, 6.07) is 3.51. The third-order valence-electron chi connectivity index (χ3n) is 3.88. The molecule has 0 spiro atoms. The molecule has 0 radical (unpaired) electrons. The lowest BCUT2D eigenvalue weighted by Gasteiger charge is -2.33. The van der Waals surface area contributed by atoms with Crippen LogP contribution in [0.2, 0.25) is 0 Å². The fourth-order valence-electron chi connectivity index (χ4n) is 2.66. The maximum atomic E-state index is 13.0. The number of nitrogens with zero attached hydrogens (tertiary/aromatic N) is 1. The van der Waals surface area contributed by atoms with Crippen molar-refractivity contribution in [2.45, 2.75) is 31.7 Å². The number of rotatable bonds is 2. The van der Waals surface area contributed by atoms with Crippen LogP contribution in [-0.4, -0.2) is 24.2 Å². The molecule has 0 atom stereocenters. The van der Waals surface area contributed by atoms with Gasteiger partial charge in [0.05, 0.1) is 11.5 Å². The van der Waals surface area contributed by atoms with Gasteiger partial charge in [-0.3, -0.25) is 4.90 Å². The van der Waals surface area contributed by atoms with E-state index in [1.165, 1.54) is 12.1 Å². The van der Waals surface area contributed by atoms with Crippen LogP contribution < -0.4 is 5.73 Å². The number of nitrogen functional groups attached to an aromatic ring is 1. The maximum absolute atomic E-state index is 13.0. The summed E-state index contributed by atoms with van der Waals surface area (Å²) in [5, 5.41) is 0. The van der Waals surface area contributed by atoms with E-state index < -0.39 is 23.8 Å². The minimum Gasteiger partial charge on any atom is -0.399 e. The monoisotopic (exact) mass is 326 g/mol. The molecule has 0 amide bonds. The fourth-order valence-corrected chi connectivity index (χ4v) is 2.66. The van der Waals surface area contributed by atoms with E-state index in [4.69, 9.17) is 5.73 Å². The SMILES string of the molecule is Nc1ccc(CN2CCC(C(F)(F)F)CC2)c(C(F)(F)F)c1. The second kappa shape index (κ2) is 5.98. The second-order valence-electron chi connectivity index (χ2n) is 5.51. The maximum Gasteiger partial charge on any atom is 0.416 e. The molecule has 8 heteroatoms. The van der Waals surface area contributed by atoms with Gasteiger partial charge in [0.2, 0.25) is 0 Å². The number of halogens is 6. The molecule has 1 fully saturated rings. The smallest absolute Gasteiger partial charge is 0.399 e. The Hall–Kier alpha value is -1.44. The minimum absolute atomic E-state index is 0.00635. The summed E-state index contributed by atoms with van der Waals surface area (Å²) in [4.78, 5) is 1.61. The van der Waals surface area contributed by atoms with Crippen LogP contribution in [0, 0.1) is 5.92 Å². The van der Waals surface area contributed by atoms with Crippen molar-refractivity contribution in [2.75, 3.05) is 18.8 Å². The normalized spacial score (nSPS) is 18.6. The molecule has 1 aliphatic rings. The van der Waals surface area contributed by atoms with Crippen LogP contribution in [0.3, 0.4) is 0 Å². The quantitative estimate of drug-likeness (QED) is 0.656. The van der Waals surface area contributed by atoms with Gasteiger partial charge in [0.15, 0.2) is 0 Å². The van der Waals surface area contributed by atoms with E-state index in [9.17, 15) is 26.3 Å². The van der Waals surface area contributed by atoms with Crippen molar-refractivity contribution in [1.29, 1.82) is 0 Å². The zero-order valence-corrected chi connectivity index (χ0v) is 11.6. The van der Waals surface area contributed by atoms with Gasteiger partial charge in [-0.1, -0.05) is 6.07 Å². The molecule has 2 N–H and O–H groups in total. The summed E-state index contributed by atoms with van der Waals surface area (Å²) in [5.41, 5.74) is 4.60. The zero-order chi connectivity index (χ0) is 16.5. The molecule has 1 aromatic rings. The Labute approximate surface area is 123 Å². The van der Waals surface area contributed by atoms with Crippen molar-refractivity contribution < 1.29 is 26.3 Å². The predicted octanol–water partition coefficient (Wildman–Crippen LogP) is 4.06. The summed E-state index contributed by atoms with van der Waals surface area (Å²) in [6.45, 7) is 0.234. The molecular formula is C14H16F6N2. The molecule has 2 rings (SSSR count). The van der Waals surface area contributed by atoms with Crippen LogP contribution in [-0.2, 0) is 12.7 Å². The van der Waals surface area contributed by atoms with E-state index in [1.807, 2.05) is 0 Å². The molecule has 1 saturated heterocycles. The van der Waals surface area contributed by atoms with Gasteiger partial charge in [-0.2, -0.15) is 26.3 Å². The Kier molecular flexibility index (Phi) is 4.60. The Morgan fingerprint density at radius 3 is 2.14 bits per heavy atom. The van der Waals surface area contributed by atoms with Gasteiger partial charge in [-0.25, -0.2) is 0 Å². The van der Waals surface area contributed by atoms with Crippen LogP contribution in [0.15, 0.2) is 18.2 Å². The molecule has 0 aliphatic carbocycles. The van der Waals surface area contributed by atoms with Crippen LogP contribution in [0.1, 0.15) is 24.0 Å². The highest BCUT2D eigenvalue weighted by molar-refractivity contribution is 5.46. The van der Waals surface area contributed by atoms with Crippen molar-refractivity contribution in [1.82, 2.24) is 4.90 Å². The molecule has 1 heterocycles. The van der Waals surface area contributed by atoms with Crippen molar-refractivity contribution in [2.24, 2.45) is 5.92 Å². The van der Waals surface area contributed by atoms with Crippen molar-refractivity contribution >= 4 is 5.69 Å². The fraction of sp³-hybridized carbons (Fsp3) is 0.571. The first-order valence-electron chi connectivity index (χ1n) is 6.82. The van der Waals surface area contributed by atoms with Gasteiger partial charge in [0.25, 0.3) is 0 Å². The summed E-state index contributed by atoms with van der Waals surface area (Å²) < 4.78 is 76.7. The lowest BCUT2D eigenvalue weighted by Crippen LogP contribution is -2.38. The van der Waals surface area contributed by atoms with Crippen LogP contribution >= 0.6 is 0 Å². The molecule has 124 valence electrons. The van der Waals surface area contributed by atoms with Crippen LogP contribution in [0.25, 0.3) is 0 Å². The van der Waals surface area contributed by atoms with E-state index in [1.54, 1.807) is 4.90 Å². The van der Waals surface area contributed by atoms with Crippen LogP contribution in [0.5, 0.6) is 0 Å². The number of likely N-dealkylation sites (tertiary alicyclic amines) is 1. The average molecular weight is 326 g/mol. The van der Waals surface area contributed by atoms with Crippen molar-refractivity contribution in [3.8, 4) is 0 Å². The van der Waals surface area contributed by atoms with Gasteiger partial charge in [0.1, 0.15) is 0 Å². The number of benzene rings is 1. The highest BCUT2D eigenvalue weighted by Crippen LogP contribution is 2.36. The standard InChI is InChI=1S/C14H16F6N2/c15-13(16,17)10-3-5-22(6-4-10)8-9-1-2-11(21)7-12(9)14(18,19)20/h1-2,7,10H,3-6,8,21H2. The summed E-state index contributed by atoms with van der Waals surface area (Å²) in [6.07, 6.45) is -8.93. The first kappa shape index (κ1) is 16.9. The van der Waals surface area contributed by atoms with Gasteiger partial charge < -0.3 is 5.73 Å². The van der Waals surface area contributed by atoms with Crippen LogP contribution in [0.4, 0.5) is 32.0 Å². The number of piperidine rings is 1. The highest BCUT2D eigenvalue weighted by atomic mass is 19.4. The molecule has 0 aromatic heterocycles. The summed E-state index contributed by atoms with van der Waals surface area (Å²) >= 11 is 0. The van der Waals surface area contributed by atoms with Gasteiger partial charge >= 0.3 is 12.4 Å². The first-order chi connectivity index (χ1) is 10.1. The zero-order valence-electron chi connectivity index (χ0n) is 11.6. The largest absolute Gasteiger partial charge is 0.416 e. The second-order valence-corrected chi connectivity index (χ2v) is 5.51. The molecular weight excluding hydrogens is 310 g/mol. The number of hydrogen-bond donors (Lipinski definition) is 1. The van der Waals surface area contributed by atoms with Gasteiger partial charge in [-0.05, 0) is 43.6 Å². The summed E-state index contributed by atoms with van der Waals surface area (Å²) in [7, 11) is 0. The molecule has 1 aliphatic heterocycles. The Balaban J connectivity index is 2.07. The average Bonchev–Trinajstić information content (AvgIpc) is 2.39. The lowest BCUT2D eigenvalue weighted by atomic mass is 9.95. The molecule has 1 aromatic carbocycles. The van der Waals surface area contributed by atoms with Gasteiger partial charge in [-0.15, -0.1) is 0 Å². The predicted molar refractivity (Wildman–Crippen MR) is 69.9 cm³/mol. The lowest BCUT2D eigenvalue weighted by molar-refractivity contribution is -0.185. The Bertz CT molecular complexity index is 515. The highest BCUT2D eigenvalue weighted by Gasteiger charge is 2.41. The minimum atomic E-state index is -4.53. The van der Waals surface area contributed by atoms with E-state index in [-0.39, 0.29) is 43.7 Å². The van der Waals surface area contributed by atoms with Gasteiger partial charge in [0, 0.05) is 12.2 Å². The molecule has 22 heavy (non-hydrogen) atoms.